The minimum Gasteiger partial charge on any atom is -0.447 e. The summed E-state index contributed by atoms with van der Waals surface area (Å²) in [6.45, 7) is -10.1. The monoisotopic (exact) mass is 300 g/mol. The smallest absolute Gasteiger partial charge is 0.407 e. The van der Waals surface area contributed by atoms with Crippen LogP contribution in [0.1, 0.15) is 26.2 Å². The van der Waals surface area contributed by atoms with Crippen molar-refractivity contribution in [1.82, 2.24) is 15.2 Å². The molecule has 1 aromatic heterocycles. The van der Waals surface area contributed by atoms with Gasteiger partial charge in [-0.05, 0) is 50.0 Å². The zero-order valence-electron chi connectivity index (χ0n) is 23.9. The van der Waals surface area contributed by atoms with Crippen LogP contribution in [0.25, 0.3) is 10.9 Å². The van der Waals surface area contributed by atoms with E-state index in [1.54, 1.807) is 0 Å². The molecule has 1 amide bonds. The number of fused-ring (bicyclic) bond motifs is 1. The first-order chi connectivity index (χ1) is 15.3. The third kappa shape index (κ3) is 3.19. The SMILES string of the molecule is [2H]c1c(CC([2H])([2H])N(C([2H])([2H])[2H])C([2H])([2H])[2H])c2cc(C([2H])([2H])[C@H]3COC(=O)N3[2H])ccc2n1[2H]. The third-order valence-corrected chi connectivity index (χ3v) is 3.01. The predicted molar refractivity (Wildman–Crippen MR) is 82.5 cm³/mol. The molecule has 2 heterocycles. The molecule has 0 spiro atoms. The fraction of sp³-hybridized carbons (Fsp3) is 0.438. The molecule has 1 aliphatic heterocycles. The van der Waals surface area contributed by atoms with Crippen molar-refractivity contribution in [1.29, 1.82) is 0 Å². The van der Waals surface area contributed by atoms with Gasteiger partial charge in [-0.2, -0.15) is 0 Å². The highest BCUT2D eigenvalue weighted by Crippen LogP contribution is 2.21. The largest absolute Gasteiger partial charge is 0.447 e. The topological polar surface area (TPSA) is 57.4 Å². The molecule has 1 saturated heterocycles. The van der Waals surface area contributed by atoms with Crippen LogP contribution >= 0.6 is 0 Å². The Morgan fingerprint density at radius 2 is 2.52 bits per heavy atom. The molecular weight excluding hydrogens is 266 g/mol. The molecule has 1 fully saturated rings. The van der Waals surface area contributed by atoms with Gasteiger partial charge in [0.2, 0.25) is 0 Å². The van der Waals surface area contributed by atoms with Crippen LogP contribution in [0.5, 0.6) is 0 Å². The minimum absolute atomic E-state index is 0.0306. The molecule has 1 aliphatic rings. The molecule has 112 valence electrons. The average Bonchev–Trinajstić information content (AvgIpc) is 3.11. The molecule has 5 heteroatoms. The molecular formula is C16H21N3O2. The maximum absolute atomic E-state index is 11.5. The Morgan fingerprint density at radius 1 is 1.62 bits per heavy atom. The lowest BCUT2D eigenvalue weighted by Crippen LogP contribution is -2.28. The van der Waals surface area contributed by atoms with Gasteiger partial charge in [-0.1, -0.05) is 6.07 Å². The van der Waals surface area contributed by atoms with Crippen molar-refractivity contribution >= 4 is 17.0 Å². The van der Waals surface area contributed by atoms with Gasteiger partial charge in [-0.15, -0.1) is 0 Å². The minimum atomic E-state index is -3.34. The van der Waals surface area contributed by atoms with Gasteiger partial charge in [0.15, 0.2) is 2.82 Å². The number of H-pyrrole nitrogens is 1. The van der Waals surface area contributed by atoms with Crippen LogP contribution in [-0.2, 0) is 17.5 Å². The Hall–Kier alpha value is -2.01. The van der Waals surface area contributed by atoms with E-state index in [0.29, 0.717) is 10.3 Å². The van der Waals surface area contributed by atoms with Crippen LogP contribution < -0.4 is 5.31 Å². The van der Waals surface area contributed by atoms with E-state index in [0.717, 1.165) is 0 Å². The second-order valence-corrected chi connectivity index (χ2v) is 4.47. The molecule has 0 bridgehead atoms. The Bertz CT molecular complexity index is 1090. The van der Waals surface area contributed by atoms with Gasteiger partial charge in [0.1, 0.15) is 6.61 Å². The van der Waals surface area contributed by atoms with E-state index in [2.05, 4.69) is 0 Å². The number of aryl methyl sites for hydroxylation is 1. The number of hydrogen-bond acceptors (Lipinski definition) is 3. The molecule has 0 radical (unpaired) electrons. The quantitative estimate of drug-likeness (QED) is 0.887. The number of benzene rings is 1. The first-order valence-electron chi connectivity index (χ1n) is 12.6. The van der Waals surface area contributed by atoms with Gasteiger partial charge in [0, 0.05) is 37.3 Å². The third-order valence-electron chi connectivity index (χ3n) is 3.01. The fourth-order valence-electron chi connectivity index (χ4n) is 2.06. The summed E-state index contributed by atoms with van der Waals surface area (Å²) in [4.78, 5) is 11.9. The highest BCUT2D eigenvalue weighted by molar-refractivity contribution is 5.84. The number of nitrogens with one attached hydrogen (secondary N) is 2. The first-order valence-corrected chi connectivity index (χ1v) is 6.19. The van der Waals surface area contributed by atoms with Crippen molar-refractivity contribution in [2.45, 2.75) is 18.8 Å². The molecule has 0 aliphatic carbocycles. The number of carbonyl (C=O) groups is 1. The van der Waals surface area contributed by atoms with E-state index < -0.39 is 58.2 Å². The van der Waals surface area contributed by atoms with Crippen LogP contribution in [0.4, 0.5) is 4.79 Å². The maximum atomic E-state index is 11.5. The zero-order valence-corrected chi connectivity index (χ0v) is 10.9. The lowest BCUT2D eigenvalue weighted by atomic mass is 10.0. The van der Waals surface area contributed by atoms with E-state index in [1.165, 1.54) is 18.2 Å². The first kappa shape index (κ1) is 5.32. The van der Waals surface area contributed by atoms with Crippen LogP contribution in [0, 0.1) is 0 Å². The summed E-state index contributed by atoms with van der Waals surface area (Å²) in [6.07, 6.45) is -4.76. The van der Waals surface area contributed by atoms with E-state index >= 15 is 0 Å². The van der Waals surface area contributed by atoms with Crippen LogP contribution in [0.2, 0.25) is 2.82 Å². The summed E-state index contributed by atoms with van der Waals surface area (Å²) in [5, 5.41) is 0.392. The molecule has 1 aromatic carbocycles. The second kappa shape index (κ2) is 5.77. The number of aromatic amines is 1. The highest BCUT2D eigenvalue weighted by atomic mass is 16.6. The van der Waals surface area contributed by atoms with Gasteiger partial charge in [0.25, 0.3) is 0 Å². The summed E-state index contributed by atoms with van der Waals surface area (Å²) in [5.41, 5.74) is -0.185. The number of nitrogens with zero attached hydrogens (tertiary/aromatic N) is 1. The molecule has 2 N–H and O–H groups in total. The number of likely N-dealkylation sites (N-methyl/N-ethyl adjacent to an activating group) is 1. The lowest BCUT2D eigenvalue weighted by molar-refractivity contribution is 0.177. The van der Waals surface area contributed by atoms with Crippen molar-refractivity contribution in [3.05, 3.63) is 35.5 Å². The Kier molecular flexibility index (Phi) is 1.46. The Morgan fingerprint density at radius 3 is 3.29 bits per heavy atom. The summed E-state index contributed by atoms with van der Waals surface area (Å²) < 4.78 is 107. The van der Waals surface area contributed by atoms with Crippen LogP contribution in [0.3, 0.4) is 0 Å². The highest BCUT2D eigenvalue weighted by Gasteiger charge is 2.22. The van der Waals surface area contributed by atoms with Gasteiger partial charge in [-0.3, -0.25) is 0 Å². The van der Waals surface area contributed by atoms with Crippen molar-refractivity contribution in [2.24, 2.45) is 0 Å². The van der Waals surface area contributed by atoms with Gasteiger partial charge >= 0.3 is 6.09 Å². The number of amides is 1. The number of cyclic esters (lactones) is 1. The van der Waals surface area contributed by atoms with Crippen molar-refractivity contribution in [3.63, 3.8) is 0 Å². The maximum Gasteiger partial charge on any atom is 0.407 e. The van der Waals surface area contributed by atoms with Crippen LogP contribution in [-0.4, -0.2) is 49.1 Å². The van der Waals surface area contributed by atoms with Gasteiger partial charge in [0.05, 0.1) is 7.41 Å². The summed E-state index contributed by atoms with van der Waals surface area (Å²) in [6, 6.07) is 2.50. The molecule has 2 aromatic rings. The Balaban J connectivity index is 2.12. The molecule has 1 atom stereocenters. The fourth-order valence-corrected chi connectivity index (χ4v) is 2.06. The van der Waals surface area contributed by atoms with Gasteiger partial charge in [-0.25, -0.2) is 4.79 Å². The van der Waals surface area contributed by atoms with E-state index in [1.807, 2.05) is 0 Å². The number of ether oxygens (including phenoxy) is 1. The van der Waals surface area contributed by atoms with Crippen molar-refractivity contribution < 1.29 is 27.4 Å². The summed E-state index contributed by atoms with van der Waals surface area (Å²) >= 11 is 0. The number of rotatable bonds is 5. The second-order valence-electron chi connectivity index (χ2n) is 4.47. The predicted octanol–water partition coefficient (Wildman–Crippen LogP) is 1.92. The van der Waals surface area contributed by atoms with Crippen molar-refractivity contribution in [3.8, 4) is 0 Å². The number of carbonyl (C=O) groups excluding carboxylic acids is 1. The van der Waals surface area contributed by atoms with Crippen molar-refractivity contribution in [2.75, 3.05) is 27.1 Å². The molecule has 0 unspecified atom stereocenters. The molecule has 3 rings (SSSR count). The summed E-state index contributed by atoms with van der Waals surface area (Å²) in [7, 11) is 0. The van der Waals surface area contributed by atoms with Crippen LogP contribution in [0.15, 0.2) is 24.4 Å². The molecule has 5 nitrogen and oxygen atoms in total. The van der Waals surface area contributed by atoms with Gasteiger partial charge < -0.3 is 19.9 Å². The zero-order chi connectivity index (χ0) is 26.0. The lowest BCUT2D eigenvalue weighted by Gasteiger charge is -2.09. The Labute approximate surface area is 142 Å². The standard InChI is InChI=1S/C16H21N3O2/c1-19(2)6-5-12-9-17-15-4-3-11(8-14(12)15)7-13-10-21-16(20)18-13/h3-4,8-9,13,17H,5-7,10H2,1-2H3,(H,18,20)/t13-/m0/s1/i1D3,2D3,6D2,7D2,9D/hD2. The van der Waals surface area contributed by atoms with E-state index in [4.69, 9.17) is 22.6 Å². The van der Waals surface area contributed by atoms with E-state index in [9.17, 15) is 4.79 Å². The molecule has 0 saturated carbocycles. The normalized spacial score (nSPS) is 30.3. The number of hydrogen-bond donors (Lipinski definition) is 2. The number of aromatic nitrogens is 1. The summed E-state index contributed by atoms with van der Waals surface area (Å²) in [5.74, 6) is 0. The molecule has 21 heavy (non-hydrogen) atoms. The average molecular weight is 300 g/mol. The number of alkyl carbamates (subject to hydrolysis) is 1. The van der Waals surface area contributed by atoms with E-state index in [-0.39, 0.29) is 26.9 Å².